The Hall–Kier alpha value is -1.88. The summed E-state index contributed by atoms with van der Waals surface area (Å²) in [5.41, 5.74) is 2.18. The maximum absolute atomic E-state index is 11.7. The van der Waals surface area contributed by atoms with Gasteiger partial charge in [0, 0.05) is 32.9 Å². The summed E-state index contributed by atoms with van der Waals surface area (Å²) in [6.45, 7) is 1.67. The standard InChI is InChI=1S/C15H18N2O3/c1-16(9-11-4-3-7-20-11)10-5-6-12-13(8-10)17(2)15(19)14(12)18/h5-6,8,11H,3-4,7,9H2,1-2H3. The molecule has 0 aliphatic carbocycles. The van der Waals surface area contributed by atoms with Crippen LogP contribution in [0, 0.1) is 0 Å². The Morgan fingerprint density at radius 3 is 2.90 bits per heavy atom. The molecule has 1 amide bonds. The third kappa shape index (κ3) is 2.08. The molecule has 1 aromatic rings. The van der Waals surface area contributed by atoms with E-state index < -0.39 is 11.7 Å². The van der Waals surface area contributed by atoms with Gasteiger partial charge in [0.15, 0.2) is 0 Å². The number of benzene rings is 1. The van der Waals surface area contributed by atoms with Gasteiger partial charge in [0.1, 0.15) is 0 Å². The molecule has 0 spiro atoms. The lowest BCUT2D eigenvalue weighted by Crippen LogP contribution is -2.28. The average Bonchev–Trinajstić information content (AvgIpc) is 3.03. The predicted molar refractivity (Wildman–Crippen MR) is 76.4 cm³/mol. The number of fused-ring (bicyclic) bond motifs is 1. The van der Waals surface area contributed by atoms with Crippen LogP contribution in [0.3, 0.4) is 0 Å². The summed E-state index contributed by atoms with van der Waals surface area (Å²) in [7, 11) is 3.64. The average molecular weight is 274 g/mol. The number of Topliss-reactive ketones (excluding diaryl/α,β-unsaturated/α-hetero) is 1. The predicted octanol–water partition coefficient (Wildman–Crippen LogP) is 1.46. The lowest BCUT2D eigenvalue weighted by molar-refractivity contribution is -0.114. The number of carbonyl (C=O) groups is 2. The van der Waals surface area contributed by atoms with Crippen LogP contribution in [0.4, 0.5) is 11.4 Å². The Balaban J connectivity index is 1.82. The molecule has 5 heteroatoms. The molecule has 0 bridgehead atoms. The molecule has 0 radical (unpaired) electrons. The zero-order valence-electron chi connectivity index (χ0n) is 11.8. The highest BCUT2D eigenvalue weighted by Gasteiger charge is 2.33. The van der Waals surface area contributed by atoms with Crippen molar-refractivity contribution in [1.82, 2.24) is 0 Å². The van der Waals surface area contributed by atoms with E-state index in [4.69, 9.17) is 4.74 Å². The number of hydrogen-bond donors (Lipinski definition) is 0. The summed E-state index contributed by atoms with van der Waals surface area (Å²) in [5, 5.41) is 0. The van der Waals surface area contributed by atoms with Crippen molar-refractivity contribution in [2.45, 2.75) is 18.9 Å². The van der Waals surface area contributed by atoms with Gasteiger partial charge in [0.05, 0.1) is 17.4 Å². The largest absolute Gasteiger partial charge is 0.376 e. The molecular weight excluding hydrogens is 256 g/mol. The molecule has 0 saturated carbocycles. The third-order valence-electron chi connectivity index (χ3n) is 4.03. The molecule has 20 heavy (non-hydrogen) atoms. The quantitative estimate of drug-likeness (QED) is 0.783. The van der Waals surface area contributed by atoms with E-state index in [1.807, 2.05) is 19.2 Å². The van der Waals surface area contributed by atoms with E-state index in [0.717, 1.165) is 31.7 Å². The first-order valence-corrected chi connectivity index (χ1v) is 6.87. The number of anilines is 2. The Bertz CT molecular complexity index is 564. The van der Waals surface area contributed by atoms with Crippen LogP contribution in [0.1, 0.15) is 23.2 Å². The van der Waals surface area contributed by atoms with Crippen molar-refractivity contribution in [2.24, 2.45) is 0 Å². The van der Waals surface area contributed by atoms with Crippen molar-refractivity contribution in [1.29, 1.82) is 0 Å². The topological polar surface area (TPSA) is 49.9 Å². The van der Waals surface area contributed by atoms with Crippen molar-refractivity contribution < 1.29 is 14.3 Å². The van der Waals surface area contributed by atoms with Gasteiger partial charge in [0.25, 0.3) is 11.7 Å². The summed E-state index contributed by atoms with van der Waals surface area (Å²) >= 11 is 0. The van der Waals surface area contributed by atoms with E-state index in [1.165, 1.54) is 4.90 Å². The van der Waals surface area contributed by atoms with E-state index in [-0.39, 0.29) is 6.10 Å². The van der Waals surface area contributed by atoms with Crippen LogP contribution in [0.2, 0.25) is 0 Å². The van der Waals surface area contributed by atoms with Crippen LogP contribution in [-0.2, 0) is 9.53 Å². The second kappa shape index (κ2) is 4.90. The fraction of sp³-hybridized carbons (Fsp3) is 0.467. The Morgan fingerprint density at radius 2 is 2.20 bits per heavy atom. The Labute approximate surface area is 118 Å². The third-order valence-corrected chi connectivity index (χ3v) is 4.03. The van der Waals surface area contributed by atoms with Crippen LogP contribution in [0.5, 0.6) is 0 Å². The fourth-order valence-electron chi connectivity index (χ4n) is 2.80. The number of rotatable bonds is 3. The zero-order chi connectivity index (χ0) is 14.3. The highest BCUT2D eigenvalue weighted by molar-refractivity contribution is 6.52. The first-order valence-electron chi connectivity index (χ1n) is 6.87. The van der Waals surface area contributed by atoms with Gasteiger partial charge in [-0.05, 0) is 31.0 Å². The first-order chi connectivity index (χ1) is 9.58. The van der Waals surface area contributed by atoms with Crippen LogP contribution >= 0.6 is 0 Å². The summed E-state index contributed by atoms with van der Waals surface area (Å²) in [6, 6.07) is 5.52. The van der Waals surface area contributed by atoms with E-state index in [9.17, 15) is 9.59 Å². The molecule has 1 unspecified atom stereocenters. The molecule has 1 fully saturated rings. The van der Waals surface area contributed by atoms with Gasteiger partial charge in [-0.3, -0.25) is 9.59 Å². The van der Waals surface area contributed by atoms with Crippen LogP contribution in [0.15, 0.2) is 18.2 Å². The molecule has 2 aliphatic heterocycles. The molecule has 0 aromatic heterocycles. The number of ether oxygens (including phenoxy) is 1. The van der Waals surface area contributed by atoms with E-state index in [2.05, 4.69) is 4.90 Å². The second-order valence-corrected chi connectivity index (χ2v) is 5.41. The minimum Gasteiger partial charge on any atom is -0.376 e. The highest BCUT2D eigenvalue weighted by Crippen LogP contribution is 2.31. The molecular formula is C15H18N2O3. The lowest BCUT2D eigenvalue weighted by atomic mass is 10.1. The van der Waals surface area contributed by atoms with Crippen molar-refractivity contribution in [3.63, 3.8) is 0 Å². The smallest absolute Gasteiger partial charge is 0.299 e. The second-order valence-electron chi connectivity index (χ2n) is 5.41. The minimum atomic E-state index is -0.459. The molecule has 1 atom stereocenters. The van der Waals surface area contributed by atoms with E-state index in [0.29, 0.717) is 11.3 Å². The van der Waals surface area contributed by atoms with Crippen molar-refractivity contribution in [3.8, 4) is 0 Å². The maximum Gasteiger partial charge on any atom is 0.299 e. The Kier molecular flexibility index (Phi) is 3.22. The van der Waals surface area contributed by atoms with Crippen molar-refractivity contribution in [3.05, 3.63) is 23.8 Å². The summed E-state index contributed by atoms with van der Waals surface area (Å²) < 4.78 is 5.63. The number of carbonyl (C=O) groups excluding carboxylic acids is 2. The number of ketones is 1. The van der Waals surface area contributed by atoms with Crippen molar-refractivity contribution >= 4 is 23.1 Å². The summed E-state index contributed by atoms with van der Waals surface area (Å²) in [6.07, 6.45) is 2.48. The molecule has 5 nitrogen and oxygen atoms in total. The van der Waals surface area contributed by atoms with Crippen molar-refractivity contribution in [2.75, 3.05) is 37.0 Å². The zero-order valence-corrected chi connectivity index (χ0v) is 11.8. The van der Waals surface area contributed by atoms with Gasteiger partial charge in [-0.25, -0.2) is 0 Å². The number of likely N-dealkylation sites (N-methyl/N-ethyl adjacent to an activating group) is 2. The Morgan fingerprint density at radius 1 is 1.40 bits per heavy atom. The van der Waals surface area contributed by atoms with Gasteiger partial charge in [-0.1, -0.05) is 0 Å². The number of hydrogen-bond acceptors (Lipinski definition) is 4. The monoisotopic (exact) mass is 274 g/mol. The van der Waals surface area contributed by atoms with Crippen LogP contribution < -0.4 is 9.80 Å². The molecule has 1 saturated heterocycles. The number of amides is 1. The normalized spacial score (nSPS) is 21.5. The van der Waals surface area contributed by atoms with Gasteiger partial charge >= 0.3 is 0 Å². The van der Waals surface area contributed by atoms with Gasteiger partial charge in [-0.15, -0.1) is 0 Å². The SMILES string of the molecule is CN(CC1CCCO1)c1ccc2c(c1)N(C)C(=O)C2=O. The molecule has 106 valence electrons. The maximum atomic E-state index is 11.7. The molecule has 0 N–H and O–H groups in total. The molecule has 2 aliphatic rings. The lowest BCUT2D eigenvalue weighted by Gasteiger charge is -2.23. The summed E-state index contributed by atoms with van der Waals surface area (Å²) in [5.74, 6) is -0.880. The van der Waals surface area contributed by atoms with Gasteiger partial charge in [0.2, 0.25) is 0 Å². The minimum absolute atomic E-state index is 0.272. The molecule has 1 aromatic carbocycles. The molecule has 2 heterocycles. The van der Waals surface area contributed by atoms with Crippen LogP contribution in [0.25, 0.3) is 0 Å². The fourth-order valence-corrected chi connectivity index (χ4v) is 2.80. The number of nitrogens with zero attached hydrogens (tertiary/aromatic N) is 2. The van der Waals surface area contributed by atoms with Crippen LogP contribution in [-0.4, -0.2) is 45.0 Å². The van der Waals surface area contributed by atoms with Gasteiger partial charge in [-0.2, -0.15) is 0 Å². The van der Waals surface area contributed by atoms with E-state index in [1.54, 1.807) is 13.1 Å². The highest BCUT2D eigenvalue weighted by atomic mass is 16.5. The summed E-state index contributed by atoms with van der Waals surface area (Å²) in [4.78, 5) is 26.9. The van der Waals surface area contributed by atoms with E-state index >= 15 is 0 Å². The first kappa shape index (κ1) is 13.1. The molecule has 3 rings (SSSR count). The van der Waals surface area contributed by atoms with Gasteiger partial charge < -0.3 is 14.5 Å².